The zero-order valence-corrected chi connectivity index (χ0v) is 12.4. The first-order valence-corrected chi connectivity index (χ1v) is 7.02. The Kier molecular flexibility index (Phi) is 4.12. The number of primary amides is 1. The van der Waals surface area contributed by atoms with E-state index in [0.29, 0.717) is 5.56 Å². The van der Waals surface area contributed by atoms with Crippen LogP contribution in [0.25, 0.3) is 0 Å². The maximum atomic E-state index is 11.2. The summed E-state index contributed by atoms with van der Waals surface area (Å²) >= 11 is 7.49. The molecule has 0 aliphatic rings. The first-order chi connectivity index (χ1) is 8.97. The number of amides is 1. The first kappa shape index (κ1) is 13.9. The van der Waals surface area contributed by atoms with Crippen molar-refractivity contribution < 1.29 is 4.79 Å². The Bertz CT molecular complexity index is 609. The van der Waals surface area contributed by atoms with Gasteiger partial charge >= 0.3 is 0 Å². The van der Waals surface area contributed by atoms with Crippen molar-refractivity contribution in [2.45, 2.75) is 13.5 Å². The summed E-state index contributed by atoms with van der Waals surface area (Å²) in [7, 11) is 2.01. The Morgan fingerprint density at radius 2 is 2.11 bits per heavy atom. The van der Waals surface area contributed by atoms with Gasteiger partial charge in [-0.15, -0.1) is 11.3 Å². The van der Waals surface area contributed by atoms with Crippen molar-refractivity contribution in [3.63, 3.8) is 0 Å². The van der Waals surface area contributed by atoms with Crippen molar-refractivity contribution in [2.75, 3.05) is 11.9 Å². The largest absolute Gasteiger partial charge is 0.369 e. The minimum Gasteiger partial charge on any atom is -0.369 e. The number of hydrogen-bond acceptors (Lipinski definition) is 3. The van der Waals surface area contributed by atoms with Gasteiger partial charge in [-0.25, -0.2) is 0 Å². The molecule has 1 aromatic heterocycles. The molecule has 2 aromatic rings. The molecule has 3 nitrogen and oxygen atoms in total. The standard InChI is InChI=1S/C14H15ClN2OS/c1-9-7-10(3-5-12(9)14(16)18)17(2)8-11-4-6-13(15)19-11/h3-7H,8H2,1-2H3,(H2,16,18). The van der Waals surface area contributed by atoms with Crippen molar-refractivity contribution in [1.29, 1.82) is 0 Å². The van der Waals surface area contributed by atoms with Gasteiger partial charge in [0.25, 0.3) is 0 Å². The van der Waals surface area contributed by atoms with Gasteiger partial charge in [0.1, 0.15) is 0 Å². The molecule has 1 heterocycles. The molecule has 0 saturated carbocycles. The average Bonchev–Trinajstić information content (AvgIpc) is 2.74. The lowest BCUT2D eigenvalue weighted by atomic mass is 10.1. The van der Waals surface area contributed by atoms with E-state index in [9.17, 15) is 4.79 Å². The van der Waals surface area contributed by atoms with Crippen LogP contribution in [0.4, 0.5) is 5.69 Å². The second kappa shape index (κ2) is 5.63. The lowest BCUT2D eigenvalue weighted by molar-refractivity contribution is 0.1000. The minimum atomic E-state index is -0.392. The number of rotatable bonds is 4. The van der Waals surface area contributed by atoms with Crippen molar-refractivity contribution in [2.24, 2.45) is 5.73 Å². The van der Waals surface area contributed by atoms with Crippen molar-refractivity contribution in [3.05, 3.63) is 50.7 Å². The molecule has 0 bridgehead atoms. The highest BCUT2D eigenvalue weighted by Gasteiger charge is 2.09. The van der Waals surface area contributed by atoms with E-state index in [4.69, 9.17) is 17.3 Å². The van der Waals surface area contributed by atoms with Gasteiger partial charge in [0.05, 0.1) is 10.9 Å². The highest BCUT2D eigenvalue weighted by atomic mass is 35.5. The van der Waals surface area contributed by atoms with Crippen LogP contribution in [0.15, 0.2) is 30.3 Å². The van der Waals surface area contributed by atoms with E-state index in [2.05, 4.69) is 4.90 Å². The second-order valence-electron chi connectivity index (χ2n) is 4.43. The normalized spacial score (nSPS) is 10.5. The van der Waals surface area contributed by atoms with Gasteiger partial charge in [0, 0.05) is 23.2 Å². The number of benzene rings is 1. The van der Waals surface area contributed by atoms with Crippen molar-refractivity contribution in [3.8, 4) is 0 Å². The summed E-state index contributed by atoms with van der Waals surface area (Å²) < 4.78 is 0.795. The molecule has 100 valence electrons. The number of carbonyl (C=O) groups is 1. The topological polar surface area (TPSA) is 46.3 Å². The monoisotopic (exact) mass is 294 g/mol. The van der Waals surface area contributed by atoms with Crippen LogP contribution < -0.4 is 10.6 Å². The molecule has 2 rings (SSSR count). The van der Waals surface area contributed by atoms with Gasteiger partial charge in [0.15, 0.2) is 0 Å². The number of thiophene rings is 1. The fourth-order valence-corrected chi connectivity index (χ4v) is 3.06. The molecule has 0 unspecified atom stereocenters. The van der Waals surface area contributed by atoms with Crippen LogP contribution in [0.2, 0.25) is 4.34 Å². The van der Waals surface area contributed by atoms with Crippen LogP contribution >= 0.6 is 22.9 Å². The number of nitrogens with zero attached hydrogens (tertiary/aromatic N) is 1. The molecule has 0 spiro atoms. The van der Waals surface area contributed by atoms with Gasteiger partial charge in [0.2, 0.25) is 5.91 Å². The summed E-state index contributed by atoms with van der Waals surface area (Å²) in [5, 5.41) is 0. The molecule has 1 amide bonds. The van der Waals surface area contributed by atoms with E-state index in [-0.39, 0.29) is 0 Å². The van der Waals surface area contributed by atoms with Crippen LogP contribution in [0.5, 0.6) is 0 Å². The fraction of sp³-hybridized carbons (Fsp3) is 0.214. The predicted octanol–water partition coefficient (Wildman–Crippen LogP) is 3.45. The van der Waals surface area contributed by atoms with E-state index in [1.54, 1.807) is 17.4 Å². The molecule has 2 N–H and O–H groups in total. The molecule has 19 heavy (non-hydrogen) atoms. The second-order valence-corrected chi connectivity index (χ2v) is 6.22. The number of aryl methyl sites for hydroxylation is 1. The smallest absolute Gasteiger partial charge is 0.248 e. The third-order valence-corrected chi connectivity index (χ3v) is 4.15. The van der Waals surface area contributed by atoms with Crippen LogP contribution in [0.3, 0.4) is 0 Å². The minimum absolute atomic E-state index is 0.392. The molecular formula is C14H15ClN2OS. The van der Waals surface area contributed by atoms with E-state index in [1.165, 1.54) is 4.88 Å². The van der Waals surface area contributed by atoms with Gasteiger partial charge in [-0.05, 0) is 42.8 Å². The van der Waals surface area contributed by atoms with E-state index in [1.807, 2.05) is 38.2 Å². The molecule has 0 saturated heterocycles. The first-order valence-electron chi connectivity index (χ1n) is 5.83. The highest BCUT2D eigenvalue weighted by Crippen LogP contribution is 2.25. The predicted molar refractivity (Wildman–Crippen MR) is 81.1 cm³/mol. The van der Waals surface area contributed by atoms with Crippen LogP contribution in [0.1, 0.15) is 20.8 Å². The summed E-state index contributed by atoms with van der Waals surface area (Å²) in [4.78, 5) is 14.5. The Morgan fingerprint density at radius 1 is 1.37 bits per heavy atom. The van der Waals surface area contributed by atoms with Crippen molar-refractivity contribution in [1.82, 2.24) is 0 Å². The molecule has 5 heteroatoms. The van der Waals surface area contributed by atoms with Crippen LogP contribution in [-0.4, -0.2) is 13.0 Å². The summed E-state index contributed by atoms with van der Waals surface area (Å²) in [6.45, 7) is 2.67. The lowest BCUT2D eigenvalue weighted by Gasteiger charge is -2.19. The van der Waals surface area contributed by atoms with E-state index < -0.39 is 5.91 Å². The van der Waals surface area contributed by atoms with Crippen molar-refractivity contribution >= 4 is 34.5 Å². The van der Waals surface area contributed by atoms with Gasteiger partial charge in [-0.3, -0.25) is 4.79 Å². The number of anilines is 1. The molecule has 0 aliphatic heterocycles. The number of nitrogens with two attached hydrogens (primary N) is 1. The van der Waals surface area contributed by atoms with Gasteiger partial charge in [-0.2, -0.15) is 0 Å². The lowest BCUT2D eigenvalue weighted by Crippen LogP contribution is -2.17. The Labute approximate surface area is 121 Å². The number of carbonyl (C=O) groups excluding carboxylic acids is 1. The molecular weight excluding hydrogens is 280 g/mol. The average molecular weight is 295 g/mol. The number of hydrogen-bond donors (Lipinski definition) is 1. The van der Waals surface area contributed by atoms with Gasteiger partial charge < -0.3 is 10.6 Å². The third-order valence-electron chi connectivity index (χ3n) is 2.94. The third kappa shape index (κ3) is 3.28. The molecule has 0 radical (unpaired) electrons. The Balaban J connectivity index is 2.17. The zero-order valence-electron chi connectivity index (χ0n) is 10.8. The molecule has 0 atom stereocenters. The SMILES string of the molecule is Cc1cc(N(C)Cc2ccc(Cl)s2)ccc1C(N)=O. The summed E-state index contributed by atoms with van der Waals surface area (Å²) in [5.41, 5.74) is 7.81. The quantitative estimate of drug-likeness (QED) is 0.939. The molecule has 0 aliphatic carbocycles. The molecule has 1 aromatic carbocycles. The fourth-order valence-electron chi connectivity index (χ4n) is 1.92. The summed E-state index contributed by atoms with van der Waals surface area (Å²) in [6.07, 6.45) is 0. The van der Waals surface area contributed by atoms with E-state index >= 15 is 0 Å². The maximum absolute atomic E-state index is 11.2. The molecule has 0 fully saturated rings. The maximum Gasteiger partial charge on any atom is 0.248 e. The number of halogens is 1. The Morgan fingerprint density at radius 3 is 2.63 bits per heavy atom. The van der Waals surface area contributed by atoms with E-state index in [0.717, 1.165) is 22.1 Å². The zero-order chi connectivity index (χ0) is 14.0. The van der Waals surface area contributed by atoms with Crippen LogP contribution in [-0.2, 0) is 6.54 Å². The summed E-state index contributed by atoms with van der Waals surface area (Å²) in [5.74, 6) is -0.392. The summed E-state index contributed by atoms with van der Waals surface area (Å²) in [6, 6.07) is 9.56. The van der Waals surface area contributed by atoms with Crippen LogP contribution in [0, 0.1) is 6.92 Å². The Hall–Kier alpha value is -1.52. The highest BCUT2D eigenvalue weighted by molar-refractivity contribution is 7.16. The van der Waals surface area contributed by atoms with Gasteiger partial charge in [-0.1, -0.05) is 11.6 Å².